The third-order valence-corrected chi connectivity index (χ3v) is 11.0. The van der Waals surface area contributed by atoms with Gasteiger partial charge in [0.05, 0.1) is 11.0 Å². The minimum absolute atomic E-state index is 0.621. The highest BCUT2D eigenvalue weighted by atomic mass is 16.3. The van der Waals surface area contributed by atoms with Gasteiger partial charge < -0.3 is 13.4 Å². The average Bonchev–Trinajstić information content (AvgIpc) is 3.94. The Bertz CT molecular complexity index is 3470. The number of benzene rings is 8. The maximum atomic E-state index is 6.39. The summed E-state index contributed by atoms with van der Waals surface area (Å²) in [5, 5.41) is 6.61. The number of aromatic nitrogens is 4. The van der Waals surface area contributed by atoms with Crippen molar-refractivity contribution in [2.75, 3.05) is 0 Å². The zero-order chi connectivity index (χ0) is 37.5. The van der Waals surface area contributed by atoms with Gasteiger partial charge in [0.1, 0.15) is 22.3 Å². The third-order valence-electron chi connectivity index (χ3n) is 11.0. The molecule has 0 radical (unpaired) electrons. The molecule has 0 bridgehead atoms. The summed E-state index contributed by atoms with van der Waals surface area (Å²) in [4.78, 5) is 14.9. The van der Waals surface area contributed by atoms with Gasteiger partial charge in [0, 0.05) is 54.7 Å². The van der Waals surface area contributed by atoms with Gasteiger partial charge in [-0.3, -0.25) is 0 Å². The minimum atomic E-state index is 0.621. The lowest BCUT2D eigenvalue weighted by Crippen LogP contribution is -2.01. The van der Waals surface area contributed by atoms with Crippen molar-refractivity contribution in [3.8, 4) is 51.0 Å². The van der Waals surface area contributed by atoms with Crippen molar-refractivity contribution in [3.05, 3.63) is 182 Å². The molecular weight excluding hydrogens is 701 g/mol. The monoisotopic (exact) mass is 730 g/mol. The fraction of sp³-hybridized carbons (Fsp3) is 0. The lowest BCUT2D eigenvalue weighted by atomic mass is 10.0. The van der Waals surface area contributed by atoms with Crippen LogP contribution >= 0.6 is 0 Å². The molecule has 57 heavy (non-hydrogen) atoms. The van der Waals surface area contributed by atoms with Crippen LogP contribution in [0.5, 0.6) is 0 Å². The molecular formula is C51H30N4O2. The Morgan fingerprint density at radius 1 is 0.298 bits per heavy atom. The first-order valence-corrected chi connectivity index (χ1v) is 19.0. The second-order valence-corrected chi connectivity index (χ2v) is 14.4. The zero-order valence-corrected chi connectivity index (χ0v) is 30.4. The van der Waals surface area contributed by atoms with Crippen molar-refractivity contribution < 1.29 is 8.83 Å². The van der Waals surface area contributed by atoms with Gasteiger partial charge in [-0.25, -0.2) is 15.0 Å². The molecule has 4 heterocycles. The quantitative estimate of drug-likeness (QED) is 0.176. The largest absolute Gasteiger partial charge is 0.456 e. The third kappa shape index (κ3) is 5.08. The normalized spacial score (nSPS) is 11.9. The second kappa shape index (κ2) is 12.3. The number of fused-ring (bicyclic) bond motifs is 9. The SMILES string of the molecule is c1ccc(-c2nc(-c3ccccc3)nc(-c3cccc(-n4c5ccccc5c5cc(-c6ccc7oc8cc9c(cc8c7c6)oc6ccccc69)ccc54)c3)n2)cc1. The Morgan fingerprint density at radius 3 is 1.53 bits per heavy atom. The smallest absolute Gasteiger partial charge is 0.164 e. The van der Waals surface area contributed by atoms with Crippen LogP contribution in [0.2, 0.25) is 0 Å². The zero-order valence-electron chi connectivity index (χ0n) is 30.4. The molecule has 4 aromatic heterocycles. The topological polar surface area (TPSA) is 69.9 Å². The molecule has 0 amide bonds. The molecule has 0 aliphatic carbocycles. The van der Waals surface area contributed by atoms with E-state index in [-0.39, 0.29) is 0 Å². The van der Waals surface area contributed by atoms with Crippen molar-refractivity contribution >= 4 is 65.7 Å². The van der Waals surface area contributed by atoms with E-state index in [4.69, 9.17) is 23.8 Å². The fourth-order valence-corrected chi connectivity index (χ4v) is 8.33. The standard InChI is InChI=1S/C51H30N4O2/c1-3-12-31(13-4-1)49-52-50(32-14-5-2-6-15-32)54-51(53-49)35-16-11-17-36(26-35)55-43-20-9-7-18-37(43)39-27-33(22-24-44(39)55)34-23-25-46-40(28-34)42-30-47-41(29-48(42)57-46)38-19-8-10-21-45(38)56-47/h1-30H. The van der Waals surface area contributed by atoms with E-state index in [9.17, 15) is 0 Å². The van der Waals surface area contributed by atoms with Gasteiger partial charge in [-0.1, -0.05) is 121 Å². The minimum Gasteiger partial charge on any atom is -0.456 e. The van der Waals surface area contributed by atoms with E-state index in [1.165, 1.54) is 10.8 Å². The molecule has 0 N–H and O–H groups in total. The highest BCUT2D eigenvalue weighted by Crippen LogP contribution is 2.40. The van der Waals surface area contributed by atoms with Crippen molar-refractivity contribution in [1.29, 1.82) is 0 Å². The van der Waals surface area contributed by atoms with E-state index in [2.05, 4.69) is 108 Å². The van der Waals surface area contributed by atoms with Crippen molar-refractivity contribution in [1.82, 2.24) is 19.5 Å². The van der Waals surface area contributed by atoms with Crippen LogP contribution in [0.3, 0.4) is 0 Å². The maximum absolute atomic E-state index is 6.39. The van der Waals surface area contributed by atoms with Gasteiger partial charge in [-0.05, 0) is 71.8 Å². The Hall–Kier alpha value is -7.83. The van der Waals surface area contributed by atoms with Gasteiger partial charge in [0.15, 0.2) is 17.5 Å². The Morgan fingerprint density at radius 2 is 0.807 bits per heavy atom. The highest BCUT2D eigenvalue weighted by molar-refractivity contribution is 6.15. The molecule has 0 saturated heterocycles. The molecule has 0 saturated carbocycles. The van der Waals surface area contributed by atoms with Crippen LogP contribution in [-0.2, 0) is 0 Å². The Kier molecular flexibility index (Phi) is 6.83. The van der Waals surface area contributed by atoms with Crippen LogP contribution in [0.25, 0.3) is 117 Å². The van der Waals surface area contributed by atoms with Gasteiger partial charge in [-0.2, -0.15) is 0 Å². The van der Waals surface area contributed by atoms with E-state index in [1.807, 2.05) is 78.9 Å². The molecule has 0 aliphatic heterocycles. The van der Waals surface area contributed by atoms with Gasteiger partial charge in [0.2, 0.25) is 0 Å². The number of furan rings is 2. The van der Waals surface area contributed by atoms with Crippen LogP contribution in [0.1, 0.15) is 0 Å². The number of rotatable bonds is 5. The molecule has 0 spiro atoms. The summed E-state index contributed by atoms with van der Waals surface area (Å²) in [5.41, 5.74) is 11.8. The molecule has 0 aliphatic rings. The first kappa shape index (κ1) is 31.5. The van der Waals surface area contributed by atoms with Gasteiger partial charge in [-0.15, -0.1) is 0 Å². The molecule has 0 fully saturated rings. The maximum Gasteiger partial charge on any atom is 0.164 e. The first-order valence-electron chi connectivity index (χ1n) is 19.0. The molecule has 12 rings (SSSR count). The molecule has 6 heteroatoms. The van der Waals surface area contributed by atoms with Crippen LogP contribution in [0, 0.1) is 0 Å². The van der Waals surface area contributed by atoms with Crippen molar-refractivity contribution in [2.24, 2.45) is 0 Å². The molecule has 266 valence electrons. The Labute approximate surface area is 325 Å². The molecule has 6 nitrogen and oxygen atoms in total. The molecule has 0 unspecified atom stereocenters. The molecule has 0 atom stereocenters. The molecule has 8 aromatic carbocycles. The van der Waals surface area contributed by atoms with Crippen LogP contribution < -0.4 is 0 Å². The van der Waals surface area contributed by atoms with Crippen LogP contribution in [0.4, 0.5) is 0 Å². The number of hydrogen-bond donors (Lipinski definition) is 0. The van der Waals surface area contributed by atoms with Gasteiger partial charge in [0.25, 0.3) is 0 Å². The summed E-state index contributed by atoms with van der Waals surface area (Å²) in [6.07, 6.45) is 0. The summed E-state index contributed by atoms with van der Waals surface area (Å²) >= 11 is 0. The second-order valence-electron chi connectivity index (χ2n) is 14.4. The summed E-state index contributed by atoms with van der Waals surface area (Å²) in [6.45, 7) is 0. The van der Waals surface area contributed by atoms with E-state index in [1.54, 1.807) is 0 Å². The van der Waals surface area contributed by atoms with E-state index in [0.717, 1.165) is 88.4 Å². The Balaban J connectivity index is 0.983. The number of nitrogens with zero attached hydrogens (tertiary/aromatic N) is 4. The summed E-state index contributed by atoms with van der Waals surface area (Å²) in [6, 6.07) is 62.8. The average molecular weight is 731 g/mol. The van der Waals surface area contributed by atoms with Crippen LogP contribution in [0.15, 0.2) is 191 Å². The summed E-state index contributed by atoms with van der Waals surface area (Å²) in [7, 11) is 0. The van der Waals surface area contributed by atoms with E-state index < -0.39 is 0 Å². The van der Waals surface area contributed by atoms with Crippen LogP contribution in [-0.4, -0.2) is 19.5 Å². The number of hydrogen-bond acceptors (Lipinski definition) is 5. The molecule has 12 aromatic rings. The van der Waals surface area contributed by atoms with Crippen molar-refractivity contribution in [3.63, 3.8) is 0 Å². The summed E-state index contributed by atoms with van der Waals surface area (Å²) < 4.78 is 15.0. The highest BCUT2D eigenvalue weighted by Gasteiger charge is 2.18. The fourth-order valence-electron chi connectivity index (χ4n) is 8.33. The van der Waals surface area contributed by atoms with Crippen molar-refractivity contribution in [2.45, 2.75) is 0 Å². The van der Waals surface area contributed by atoms with E-state index in [0.29, 0.717) is 17.5 Å². The predicted octanol–water partition coefficient (Wildman–Crippen LogP) is 13.4. The number of para-hydroxylation sites is 2. The lowest BCUT2D eigenvalue weighted by molar-refractivity contribution is 0.664. The predicted molar refractivity (Wildman–Crippen MR) is 230 cm³/mol. The summed E-state index contributed by atoms with van der Waals surface area (Å²) in [5.74, 6) is 1.90. The van der Waals surface area contributed by atoms with E-state index >= 15 is 0 Å². The lowest BCUT2D eigenvalue weighted by Gasteiger charge is -2.12. The van der Waals surface area contributed by atoms with Gasteiger partial charge >= 0.3 is 0 Å². The first-order chi connectivity index (χ1) is 28.2.